The van der Waals surface area contributed by atoms with Gasteiger partial charge in [0, 0.05) is 24.6 Å². The van der Waals surface area contributed by atoms with Crippen LogP contribution in [0, 0.1) is 6.92 Å². The van der Waals surface area contributed by atoms with E-state index >= 15 is 0 Å². The number of benzene rings is 2. The van der Waals surface area contributed by atoms with Crippen LogP contribution in [0.25, 0.3) is 0 Å². The molecule has 0 atom stereocenters. The average Bonchev–Trinajstić information content (AvgIpc) is 3.47. The van der Waals surface area contributed by atoms with Gasteiger partial charge in [0.15, 0.2) is 5.16 Å². The molecule has 4 rings (SSSR count). The zero-order valence-corrected chi connectivity index (χ0v) is 19.5. The first kappa shape index (κ1) is 23.2. The fourth-order valence-corrected chi connectivity index (χ4v) is 4.11. The first-order chi connectivity index (χ1) is 16.6. The van der Waals surface area contributed by atoms with Gasteiger partial charge < -0.3 is 15.2 Å². The van der Waals surface area contributed by atoms with Gasteiger partial charge in [0.05, 0.1) is 12.3 Å². The lowest BCUT2D eigenvalue weighted by Gasteiger charge is -2.10. The number of hydrogen-bond acceptors (Lipinski definition) is 6. The molecule has 2 amide bonds. The van der Waals surface area contributed by atoms with Crippen LogP contribution in [0.2, 0.25) is 0 Å². The van der Waals surface area contributed by atoms with Gasteiger partial charge in [-0.3, -0.25) is 14.3 Å². The molecule has 0 unspecified atom stereocenters. The summed E-state index contributed by atoms with van der Waals surface area (Å²) in [4.78, 5) is 24.6. The van der Waals surface area contributed by atoms with E-state index in [-0.39, 0.29) is 24.1 Å². The van der Waals surface area contributed by atoms with Crippen LogP contribution in [0.15, 0.2) is 78.2 Å². The van der Waals surface area contributed by atoms with Gasteiger partial charge in [-0.2, -0.15) is 5.10 Å². The summed E-state index contributed by atoms with van der Waals surface area (Å²) < 4.78 is 3.56. The highest BCUT2D eigenvalue weighted by Crippen LogP contribution is 2.18. The predicted molar refractivity (Wildman–Crippen MR) is 130 cm³/mol. The van der Waals surface area contributed by atoms with Crippen molar-refractivity contribution in [1.82, 2.24) is 29.9 Å². The molecule has 0 saturated heterocycles. The van der Waals surface area contributed by atoms with Gasteiger partial charge in [0.25, 0.3) is 0 Å². The second-order valence-corrected chi connectivity index (χ2v) is 8.56. The van der Waals surface area contributed by atoms with Crippen molar-refractivity contribution in [3.63, 3.8) is 0 Å². The number of nitrogens with one attached hydrogen (secondary N) is 2. The fraction of sp³-hybridized carbons (Fsp3) is 0.208. The molecule has 10 heteroatoms. The minimum atomic E-state index is -0.170. The average molecular weight is 476 g/mol. The first-order valence-corrected chi connectivity index (χ1v) is 11.7. The van der Waals surface area contributed by atoms with Gasteiger partial charge in [0.1, 0.15) is 12.4 Å². The lowest BCUT2D eigenvalue weighted by atomic mass is 10.2. The van der Waals surface area contributed by atoms with E-state index in [1.807, 2.05) is 54.0 Å². The van der Waals surface area contributed by atoms with Crippen molar-refractivity contribution in [2.75, 3.05) is 11.1 Å². The molecule has 2 aromatic carbocycles. The smallest absolute Gasteiger partial charge is 0.246 e. The van der Waals surface area contributed by atoms with Crippen molar-refractivity contribution in [1.29, 1.82) is 0 Å². The van der Waals surface area contributed by atoms with Crippen molar-refractivity contribution in [2.45, 2.75) is 31.7 Å². The van der Waals surface area contributed by atoms with Crippen LogP contribution in [-0.2, 0) is 29.2 Å². The van der Waals surface area contributed by atoms with E-state index in [1.165, 1.54) is 11.8 Å². The third-order valence-electron chi connectivity index (χ3n) is 4.98. The Morgan fingerprint density at radius 1 is 0.971 bits per heavy atom. The van der Waals surface area contributed by atoms with Crippen LogP contribution >= 0.6 is 11.8 Å². The molecule has 9 nitrogen and oxygen atoms in total. The summed E-state index contributed by atoms with van der Waals surface area (Å²) in [7, 11) is 0. The van der Waals surface area contributed by atoms with Gasteiger partial charge in [-0.1, -0.05) is 54.2 Å². The van der Waals surface area contributed by atoms with Crippen LogP contribution in [-0.4, -0.2) is 42.1 Å². The Labute approximate surface area is 201 Å². The Balaban J connectivity index is 1.26. The molecule has 0 fully saturated rings. The van der Waals surface area contributed by atoms with Gasteiger partial charge in [-0.25, -0.2) is 0 Å². The SMILES string of the molecule is Cc1nnc(SCC(=O)NCc2cccc(NC(=O)Cn3cccn3)c2)n1Cc1ccccc1. The Morgan fingerprint density at radius 2 is 1.79 bits per heavy atom. The number of nitrogens with zero attached hydrogens (tertiary/aromatic N) is 5. The number of anilines is 1. The van der Waals surface area contributed by atoms with E-state index in [4.69, 9.17) is 0 Å². The molecular weight excluding hydrogens is 450 g/mol. The molecule has 0 bridgehead atoms. The zero-order chi connectivity index (χ0) is 23.8. The normalized spacial score (nSPS) is 10.7. The Kier molecular flexibility index (Phi) is 7.71. The number of amides is 2. The maximum Gasteiger partial charge on any atom is 0.246 e. The third-order valence-corrected chi connectivity index (χ3v) is 5.95. The van der Waals surface area contributed by atoms with Crippen molar-refractivity contribution in [3.05, 3.63) is 90.0 Å². The topological polar surface area (TPSA) is 107 Å². The molecule has 0 radical (unpaired) electrons. The molecule has 2 heterocycles. The minimum Gasteiger partial charge on any atom is -0.351 e. The first-order valence-electron chi connectivity index (χ1n) is 10.8. The molecule has 174 valence electrons. The maximum atomic E-state index is 12.4. The molecule has 0 saturated carbocycles. The second kappa shape index (κ2) is 11.3. The van der Waals surface area contributed by atoms with Crippen LogP contribution in [0.4, 0.5) is 5.69 Å². The van der Waals surface area contributed by atoms with Crippen molar-refractivity contribution in [3.8, 4) is 0 Å². The summed E-state index contributed by atoms with van der Waals surface area (Å²) in [5.41, 5.74) is 2.70. The predicted octanol–water partition coefficient (Wildman–Crippen LogP) is 2.88. The number of rotatable bonds is 10. The highest BCUT2D eigenvalue weighted by molar-refractivity contribution is 7.99. The van der Waals surface area contributed by atoms with Crippen molar-refractivity contribution in [2.24, 2.45) is 0 Å². The lowest BCUT2D eigenvalue weighted by molar-refractivity contribution is -0.119. The third kappa shape index (κ3) is 6.55. The summed E-state index contributed by atoms with van der Waals surface area (Å²) in [5, 5.41) is 18.9. The highest BCUT2D eigenvalue weighted by atomic mass is 32.2. The van der Waals surface area contributed by atoms with Crippen LogP contribution < -0.4 is 10.6 Å². The molecule has 34 heavy (non-hydrogen) atoms. The number of aryl methyl sites for hydroxylation is 1. The summed E-state index contributed by atoms with van der Waals surface area (Å²) >= 11 is 1.36. The van der Waals surface area contributed by atoms with Gasteiger partial charge >= 0.3 is 0 Å². The van der Waals surface area contributed by atoms with Gasteiger partial charge in [-0.15, -0.1) is 10.2 Å². The molecule has 0 aliphatic rings. The highest BCUT2D eigenvalue weighted by Gasteiger charge is 2.12. The zero-order valence-electron chi connectivity index (χ0n) is 18.7. The van der Waals surface area contributed by atoms with E-state index in [1.54, 1.807) is 23.1 Å². The molecule has 2 aromatic heterocycles. The van der Waals surface area contributed by atoms with E-state index in [2.05, 4.69) is 38.1 Å². The minimum absolute atomic E-state index is 0.106. The van der Waals surface area contributed by atoms with E-state index in [9.17, 15) is 9.59 Å². The Bertz CT molecular complexity index is 1240. The monoisotopic (exact) mass is 475 g/mol. The number of hydrogen-bond donors (Lipinski definition) is 2. The largest absolute Gasteiger partial charge is 0.351 e. The molecule has 0 aliphatic carbocycles. The molecule has 0 spiro atoms. The molecule has 4 aromatic rings. The van der Waals surface area contributed by atoms with Crippen LogP contribution in [0.1, 0.15) is 17.0 Å². The number of thioether (sulfide) groups is 1. The number of aromatic nitrogens is 5. The lowest BCUT2D eigenvalue weighted by Crippen LogP contribution is -2.25. The Hall–Kier alpha value is -3.92. The van der Waals surface area contributed by atoms with Gasteiger partial charge in [0.2, 0.25) is 11.8 Å². The van der Waals surface area contributed by atoms with Gasteiger partial charge in [-0.05, 0) is 36.2 Å². The fourth-order valence-electron chi connectivity index (χ4n) is 3.30. The summed E-state index contributed by atoms with van der Waals surface area (Å²) in [6, 6.07) is 19.2. The number of carbonyl (C=O) groups excluding carboxylic acids is 2. The Morgan fingerprint density at radius 3 is 2.59 bits per heavy atom. The van der Waals surface area contributed by atoms with Crippen molar-refractivity contribution < 1.29 is 9.59 Å². The molecule has 0 aliphatic heterocycles. The number of carbonyl (C=O) groups is 2. The van der Waals surface area contributed by atoms with E-state index in [0.29, 0.717) is 23.9 Å². The second-order valence-electron chi connectivity index (χ2n) is 7.62. The van der Waals surface area contributed by atoms with E-state index < -0.39 is 0 Å². The molecular formula is C24H25N7O2S. The van der Waals surface area contributed by atoms with Crippen molar-refractivity contribution >= 4 is 29.3 Å². The standard InChI is InChI=1S/C24H25N7O2S/c1-18-28-29-24(31(18)15-19-7-3-2-4-8-19)34-17-23(33)25-14-20-9-5-10-21(13-20)27-22(32)16-30-12-6-11-26-30/h2-13H,14-17H2,1H3,(H,25,33)(H,27,32). The molecule has 2 N–H and O–H groups in total. The summed E-state index contributed by atoms with van der Waals surface area (Å²) in [6.45, 7) is 3.06. The van der Waals surface area contributed by atoms with E-state index in [0.717, 1.165) is 17.0 Å². The quantitative estimate of drug-likeness (QED) is 0.342. The van der Waals surface area contributed by atoms with Crippen LogP contribution in [0.3, 0.4) is 0 Å². The summed E-state index contributed by atoms with van der Waals surface area (Å²) in [5.74, 6) is 0.757. The maximum absolute atomic E-state index is 12.4. The summed E-state index contributed by atoms with van der Waals surface area (Å²) in [6.07, 6.45) is 3.36. The van der Waals surface area contributed by atoms with Crippen LogP contribution in [0.5, 0.6) is 0 Å².